The quantitative estimate of drug-likeness (QED) is 0.0213. The molecule has 38 heteroatoms. The number of aromatic amines is 4. The van der Waals surface area contributed by atoms with Gasteiger partial charge in [-0.1, -0.05) is 174 Å². The number of carboxylic acid groups (broad SMARTS) is 2. The van der Waals surface area contributed by atoms with E-state index in [-0.39, 0.29) is 83.3 Å². The van der Waals surface area contributed by atoms with Crippen LogP contribution in [0.1, 0.15) is 182 Å². The van der Waals surface area contributed by atoms with Crippen molar-refractivity contribution < 1.29 is 96.2 Å². The van der Waals surface area contributed by atoms with Crippen LogP contribution in [-0.4, -0.2) is 247 Å². The summed E-state index contributed by atoms with van der Waals surface area (Å²) in [6, 6.07) is 38.3. The molecule has 10 aromatic rings. The Morgan fingerprint density at radius 2 is 0.507 bits per heavy atom. The maximum Gasteiger partial charge on any atom is 0.407 e. The van der Waals surface area contributed by atoms with Crippen LogP contribution in [0.25, 0.3) is 88.9 Å². The van der Waals surface area contributed by atoms with Crippen LogP contribution in [0.4, 0.5) is 28.8 Å². The van der Waals surface area contributed by atoms with E-state index in [0.29, 0.717) is 32.0 Å². The first kappa shape index (κ1) is 104. The molecule has 10 atom stereocenters. The Kier molecular flexibility index (Phi) is 35.6. The Morgan fingerprint density at radius 3 is 0.732 bits per heavy atom. The number of nitrogens with zero attached hydrogens (tertiary/aromatic N) is 8. The summed E-state index contributed by atoms with van der Waals surface area (Å²) < 4.78 is 27.6. The lowest BCUT2D eigenvalue weighted by Gasteiger charge is -2.30. The molecule has 0 radical (unpaired) electrons. The van der Waals surface area contributed by atoms with E-state index in [1.54, 1.807) is 38.8 Å². The summed E-state index contributed by atoms with van der Waals surface area (Å²) in [6.45, 7) is 24.4. The molecule has 4 saturated heterocycles. The molecule has 12 N–H and O–H groups in total. The van der Waals surface area contributed by atoms with Crippen molar-refractivity contribution in [1.82, 2.24) is 91.4 Å². The second-order valence-corrected chi connectivity index (χ2v) is 36.6. The normalized spacial score (nSPS) is 17.0. The largest absolute Gasteiger partial charge is 0.480 e. The number of hydrogen-bond donors (Lipinski definition) is 12. The van der Waals surface area contributed by atoms with Gasteiger partial charge in [0.15, 0.2) is 0 Å². The number of methoxy groups -OCH3 is 6. The molecule has 0 saturated carbocycles. The number of ether oxygens (including phenoxy) is 6. The maximum atomic E-state index is 13.6. The maximum absolute atomic E-state index is 13.6. The third-order valence-electron chi connectivity index (χ3n) is 25.1. The molecular formula is C100H128N18O20. The number of aromatic nitrogens is 8. The van der Waals surface area contributed by atoms with E-state index in [0.717, 1.165) is 158 Å². The summed E-state index contributed by atoms with van der Waals surface area (Å²) in [5, 5.41) is 32.5. The van der Waals surface area contributed by atoms with Crippen molar-refractivity contribution in [2.45, 2.75) is 195 Å². The number of fused-ring (bicyclic) bond motifs is 3. The summed E-state index contributed by atoms with van der Waals surface area (Å²) >= 11 is 0. The monoisotopic (exact) mass is 1900 g/mol. The number of alkyl carbamates (subject to hydrolysis) is 6. The first-order valence-corrected chi connectivity index (χ1v) is 46.5. The zero-order valence-electron chi connectivity index (χ0n) is 81.2. The minimum absolute atomic E-state index is 0.105. The van der Waals surface area contributed by atoms with Gasteiger partial charge in [0.25, 0.3) is 0 Å². The molecule has 0 bridgehead atoms. The van der Waals surface area contributed by atoms with E-state index in [9.17, 15) is 57.5 Å². The fourth-order valence-corrected chi connectivity index (χ4v) is 17.5. The number of carbonyl (C=O) groups is 12. The average molecular weight is 1900 g/mol. The highest BCUT2D eigenvalue weighted by atomic mass is 16.6. The lowest BCUT2D eigenvalue weighted by Crippen LogP contribution is -2.51. The van der Waals surface area contributed by atoms with Gasteiger partial charge in [-0.25, -0.2) is 58.3 Å². The van der Waals surface area contributed by atoms with Crippen molar-refractivity contribution in [3.05, 3.63) is 157 Å². The Morgan fingerprint density at radius 1 is 0.297 bits per heavy atom. The smallest absolute Gasteiger partial charge is 0.407 e. The molecular weight excluding hydrogens is 1770 g/mol. The summed E-state index contributed by atoms with van der Waals surface area (Å²) in [7, 11) is 7.54. The molecule has 738 valence electrons. The van der Waals surface area contributed by atoms with Gasteiger partial charge in [-0.2, -0.15) is 0 Å². The Bertz CT molecular complexity index is 5730. The molecule has 10 amide bonds. The van der Waals surface area contributed by atoms with Gasteiger partial charge in [-0.05, 0) is 173 Å². The van der Waals surface area contributed by atoms with E-state index in [4.69, 9.17) is 44.1 Å². The molecule has 0 unspecified atom stereocenters. The number of aliphatic carboxylic acids is 2. The number of benzene rings is 6. The van der Waals surface area contributed by atoms with Crippen LogP contribution >= 0.6 is 0 Å². The average Bonchev–Trinajstić information content (AvgIpc) is 1.64. The predicted octanol–water partition coefficient (Wildman–Crippen LogP) is 15.1. The van der Waals surface area contributed by atoms with Crippen molar-refractivity contribution >= 4 is 105 Å². The molecule has 38 nitrogen and oxygen atoms in total. The van der Waals surface area contributed by atoms with Crippen molar-refractivity contribution in [2.75, 3.05) is 68.8 Å². The van der Waals surface area contributed by atoms with Gasteiger partial charge in [0.2, 0.25) is 23.6 Å². The van der Waals surface area contributed by atoms with Gasteiger partial charge >= 0.3 is 48.5 Å². The Balaban J connectivity index is 0.000000215. The van der Waals surface area contributed by atoms with E-state index < -0.39 is 84.7 Å². The van der Waals surface area contributed by atoms with Crippen molar-refractivity contribution in [3.8, 4) is 55.8 Å². The van der Waals surface area contributed by atoms with Crippen LogP contribution in [0.5, 0.6) is 0 Å². The predicted molar refractivity (Wildman–Crippen MR) is 516 cm³/mol. The fraction of sp³-hybridized carbons (Fsp3) is 0.460. The highest BCUT2D eigenvalue weighted by Crippen LogP contribution is 2.40. The van der Waals surface area contributed by atoms with E-state index in [1.807, 2.05) is 106 Å². The summed E-state index contributed by atoms with van der Waals surface area (Å²) in [5.41, 5.74) is 15.4. The number of carbonyl (C=O) groups excluding carboxylic acids is 10. The zero-order chi connectivity index (χ0) is 100. The van der Waals surface area contributed by atoms with Crippen LogP contribution in [0, 0.1) is 35.5 Å². The van der Waals surface area contributed by atoms with Crippen molar-refractivity contribution in [1.29, 1.82) is 0 Å². The highest BCUT2D eigenvalue weighted by molar-refractivity contribution is 5.92. The number of imidazole rings is 4. The third kappa shape index (κ3) is 25.4. The first-order chi connectivity index (χ1) is 65.9. The number of carboxylic acids is 2. The number of rotatable bonds is 27. The second kappa shape index (κ2) is 47.2. The van der Waals surface area contributed by atoms with Crippen LogP contribution in [0.2, 0.25) is 0 Å². The topological polar surface area (TPSA) is 501 Å². The van der Waals surface area contributed by atoms with Gasteiger partial charge in [0.05, 0.1) is 112 Å². The number of H-pyrrole nitrogens is 4. The van der Waals surface area contributed by atoms with Gasteiger partial charge in [-0.3, -0.25) is 19.2 Å². The molecule has 4 aromatic heterocycles. The molecule has 4 fully saturated rings. The Hall–Kier alpha value is -14.6. The molecule has 0 aliphatic carbocycles. The van der Waals surface area contributed by atoms with Gasteiger partial charge in [0.1, 0.15) is 59.5 Å². The van der Waals surface area contributed by atoms with E-state index >= 15 is 0 Å². The molecule has 14 rings (SSSR count). The van der Waals surface area contributed by atoms with E-state index in [1.165, 1.54) is 42.7 Å². The van der Waals surface area contributed by atoms with Gasteiger partial charge < -0.3 is 110 Å². The molecule has 4 aliphatic heterocycles. The van der Waals surface area contributed by atoms with Crippen LogP contribution < -0.4 is 31.9 Å². The molecule has 6 aromatic carbocycles. The van der Waals surface area contributed by atoms with Crippen LogP contribution in [0.3, 0.4) is 0 Å². The fourth-order valence-electron chi connectivity index (χ4n) is 17.5. The highest BCUT2D eigenvalue weighted by Gasteiger charge is 2.43. The van der Waals surface area contributed by atoms with Gasteiger partial charge in [-0.15, -0.1) is 0 Å². The Labute approximate surface area is 800 Å². The summed E-state index contributed by atoms with van der Waals surface area (Å²) in [6.07, 6.45) is 4.36. The van der Waals surface area contributed by atoms with Gasteiger partial charge in [0, 0.05) is 26.2 Å². The standard InChI is InChI=1S/C48H54N8O6.C38H48N8O6.2C7H13NO4/c1-27(2)41(53-47(59)61-5)45(57)55-23-7-9-39(55)43-49-35-21-19-33(25-37(35)51-43)31-15-11-29(12-16-31)30-13-17-32(18-14-30)34-20-22-36-38(26-34)52-44(50-36)40-10-8-24-56(40)46(58)42(28(3)4)54-48(60)62-6;1-21(2)31(43-37(49)51-5)35(47)45-17-7-9-29(45)33-39-20-28(42-33)24-13-11-23(12-14-24)25-15-16-26-27(19-25)41-34(40-26)30-10-8-18-46(30)36(48)32(22(3)4)44-38(50)52-6;2*1-4(2)5(6(9)10)8-7(11)12-3/h11-22,25-28,39-42H,7-10,23-24H2,1-6H3,(H,49,51)(H,50,52)(H,53,59)(H,54,60);11-16,19-22,29-32H,7-10,17-18H2,1-6H3,(H,39,42)(H,40,41)(H,43,49)(H,44,50);2*4-5H,1-3H3,(H,8,11)(H,9,10)/t39-,40-,41-,42-;29-,30-,31-,32-;2*5-/m0000/s1. The molecule has 138 heavy (non-hydrogen) atoms. The van der Waals surface area contributed by atoms with Crippen molar-refractivity contribution in [2.24, 2.45) is 35.5 Å². The minimum atomic E-state index is -1.06. The molecule has 4 aliphatic rings. The minimum Gasteiger partial charge on any atom is -0.480 e. The van der Waals surface area contributed by atoms with Crippen molar-refractivity contribution in [3.63, 3.8) is 0 Å². The van der Waals surface area contributed by atoms with Crippen LogP contribution in [-0.2, 0) is 57.2 Å². The number of hydrogen-bond acceptors (Lipinski definition) is 22. The SMILES string of the molecule is COC(=O)N[C@H](C(=O)N1CCC[C@H]1c1nc2ccc(-c3ccc(-c4ccc(-c5ccc6nc([C@@H]7CCCN7C(=O)[C@@H](NC(=O)OC)C(C)C)[nH]c6c5)cc4)cc3)cc2[nH]1)C(C)C.COC(=O)N[C@H](C(=O)N1CCC[C@H]1c1ncc(-c2ccc(-c3ccc4nc([C@@H]5CCCN5C(=O)[C@@H](NC(=O)OC)C(C)C)[nH]c4c3)cc2)[nH]1)C(C)C.COC(=O)N[C@H](C(=O)O)C(C)C.COC(=O)N[C@H](C(=O)O)C(C)C. The third-order valence-corrected chi connectivity index (χ3v) is 25.1. The molecule has 0 spiro atoms. The van der Waals surface area contributed by atoms with E-state index in [2.05, 4.69) is 157 Å². The first-order valence-electron chi connectivity index (χ1n) is 46.5. The molecule has 8 heterocycles. The number of nitrogens with one attached hydrogen (secondary N) is 10. The number of likely N-dealkylation sites (tertiary alicyclic amines) is 4. The zero-order valence-corrected chi connectivity index (χ0v) is 81.2. The van der Waals surface area contributed by atoms with Crippen LogP contribution in [0.15, 0.2) is 134 Å². The lowest BCUT2D eigenvalue weighted by molar-refractivity contribution is -0.141. The second-order valence-electron chi connectivity index (χ2n) is 36.6. The number of amides is 10. The summed E-state index contributed by atoms with van der Waals surface area (Å²) in [4.78, 5) is 185. The summed E-state index contributed by atoms with van der Waals surface area (Å²) in [5.74, 6) is -0.503. The lowest BCUT2D eigenvalue weighted by atomic mass is 9.98.